The van der Waals surface area contributed by atoms with Crippen molar-refractivity contribution in [3.63, 3.8) is 0 Å². The van der Waals surface area contributed by atoms with Crippen LogP contribution in [0.1, 0.15) is 31.5 Å². The number of nitrogens with zero attached hydrogens (tertiary/aromatic N) is 3. The van der Waals surface area contributed by atoms with E-state index in [0.29, 0.717) is 11.5 Å². The summed E-state index contributed by atoms with van der Waals surface area (Å²) in [5, 5.41) is 1.14. The fraction of sp³-hybridized carbons (Fsp3) is 0.625. The van der Waals surface area contributed by atoms with E-state index in [2.05, 4.69) is 25.9 Å². The second-order valence-electron chi connectivity index (χ2n) is 6.63. The molecule has 4 rings (SSSR count). The van der Waals surface area contributed by atoms with Crippen molar-refractivity contribution in [1.29, 1.82) is 0 Å². The van der Waals surface area contributed by atoms with Crippen molar-refractivity contribution in [2.45, 2.75) is 38.7 Å². The molecule has 2 fully saturated rings. The average molecular weight is 286 g/mol. The van der Waals surface area contributed by atoms with Crippen molar-refractivity contribution in [2.24, 2.45) is 5.41 Å². The van der Waals surface area contributed by atoms with Crippen LogP contribution < -0.4 is 4.90 Å². The highest BCUT2D eigenvalue weighted by Gasteiger charge is 2.46. The molecule has 21 heavy (non-hydrogen) atoms. The number of hydrogen-bond acceptors (Lipinski definition) is 4. The van der Waals surface area contributed by atoms with Crippen molar-refractivity contribution in [3.05, 3.63) is 18.1 Å². The van der Waals surface area contributed by atoms with Gasteiger partial charge in [0.05, 0.1) is 11.5 Å². The molecule has 2 aliphatic rings. The molecule has 1 spiro atoms. The molecule has 0 aromatic carbocycles. The van der Waals surface area contributed by atoms with Crippen molar-refractivity contribution >= 4 is 16.9 Å². The first-order valence-corrected chi connectivity index (χ1v) is 7.79. The molecule has 0 bridgehead atoms. The van der Waals surface area contributed by atoms with Crippen LogP contribution in [0.2, 0.25) is 0 Å². The number of rotatable bonds is 2. The quantitative estimate of drug-likeness (QED) is 0.922. The molecule has 0 radical (unpaired) electrons. The summed E-state index contributed by atoms with van der Waals surface area (Å²) in [6.07, 6.45) is 7.38. The molecular weight excluding hydrogens is 264 g/mol. The topological polar surface area (TPSA) is 54.0 Å². The Morgan fingerprint density at radius 2 is 2.05 bits per heavy atom. The SMILES string of the molecule is COC1CCC2(CC1)CN(c1nc(C)nc3[nH]ccc13)C2. The number of methoxy groups -OCH3 is 1. The van der Waals surface area contributed by atoms with Gasteiger partial charge in [-0.2, -0.15) is 0 Å². The number of ether oxygens (including phenoxy) is 1. The van der Waals surface area contributed by atoms with Gasteiger partial charge in [-0.3, -0.25) is 0 Å². The smallest absolute Gasteiger partial charge is 0.143 e. The Labute approximate surface area is 124 Å². The van der Waals surface area contributed by atoms with Crippen LogP contribution in [0.15, 0.2) is 12.3 Å². The lowest BCUT2D eigenvalue weighted by Crippen LogP contribution is -2.58. The Bertz CT molecular complexity index is 649. The molecular formula is C16H22N4O. The van der Waals surface area contributed by atoms with Gasteiger partial charge in [-0.05, 0) is 38.7 Å². The van der Waals surface area contributed by atoms with Gasteiger partial charge in [0.2, 0.25) is 0 Å². The normalized spacial score (nSPS) is 21.9. The predicted octanol–water partition coefficient (Wildman–Crippen LogP) is 2.66. The maximum atomic E-state index is 5.49. The number of nitrogens with one attached hydrogen (secondary N) is 1. The molecule has 0 amide bonds. The Morgan fingerprint density at radius 1 is 1.29 bits per heavy atom. The Hall–Kier alpha value is -1.62. The zero-order valence-corrected chi connectivity index (χ0v) is 12.7. The van der Waals surface area contributed by atoms with Gasteiger partial charge >= 0.3 is 0 Å². The van der Waals surface area contributed by atoms with Gasteiger partial charge in [-0.1, -0.05) is 0 Å². The molecule has 1 aliphatic heterocycles. The number of aromatic nitrogens is 3. The lowest BCUT2D eigenvalue weighted by Gasteiger charge is -2.54. The molecule has 1 aliphatic carbocycles. The standard InChI is InChI=1S/C16H22N4O/c1-11-18-14-13(5-8-17-14)15(19-11)20-9-16(10-20)6-3-12(21-2)4-7-16/h5,8,12H,3-4,6-7,9-10H2,1-2H3,(H,17,18,19). The van der Waals surface area contributed by atoms with Gasteiger partial charge < -0.3 is 14.6 Å². The average Bonchev–Trinajstić information content (AvgIpc) is 2.92. The number of H-pyrrole nitrogens is 1. The molecule has 5 nitrogen and oxygen atoms in total. The van der Waals surface area contributed by atoms with Gasteiger partial charge in [-0.25, -0.2) is 9.97 Å². The Balaban J connectivity index is 1.53. The monoisotopic (exact) mass is 286 g/mol. The van der Waals surface area contributed by atoms with E-state index in [9.17, 15) is 0 Å². The summed E-state index contributed by atoms with van der Waals surface area (Å²) in [6.45, 7) is 4.21. The van der Waals surface area contributed by atoms with Crippen molar-refractivity contribution in [3.8, 4) is 0 Å². The number of anilines is 1. The summed E-state index contributed by atoms with van der Waals surface area (Å²) in [7, 11) is 1.84. The lowest BCUT2D eigenvalue weighted by molar-refractivity contribution is 0.0151. The summed E-state index contributed by atoms with van der Waals surface area (Å²) >= 11 is 0. The first-order valence-electron chi connectivity index (χ1n) is 7.79. The molecule has 1 saturated heterocycles. The number of aromatic amines is 1. The number of hydrogen-bond donors (Lipinski definition) is 1. The Kier molecular flexibility index (Phi) is 2.92. The summed E-state index contributed by atoms with van der Waals surface area (Å²) in [6, 6.07) is 2.08. The third-order valence-electron chi connectivity index (χ3n) is 5.19. The van der Waals surface area contributed by atoms with E-state index in [1.807, 2.05) is 20.2 Å². The molecule has 3 heterocycles. The molecule has 0 unspecified atom stereocenters. The maximum absolute atomic E-state index is 5.49. The van der Waals surface area contributed by atoms with Gasteiger partial charge in [0, 0.05) is 31.8 Å². The van der Waals surface area contributed by atoms with E-state index >= 15 is 0 Å². The van der Waals surface area contributed by atoms with Crippen LogP contribution in [0.25, 0.3) is 11.0 Å². The van der Waals surface area contributed by atoms with E-state index in [-0.39, 0.29) is 0 Å². The highest BCUT2D eigenvalue weighted by Crippen LogP contribution is 2.46. The van der Waals surface area contributed by atoms with Gasteiger partial charge in [-0.15, -0.1) is 0 Å². The van der Waals surface area contributed by atoms with Crippen LogP contribution in [0.3, 0.4) is 0 Å². The molecule has 1 saturated carbocycles. The van der Waals surface area contributed by atoms with E-state index in [4.69, 9.17) is 4.74 Å². The fourth-order valence-corrected chi connectivity index (χ4v) is 3.94. The van der Waals surface area contributed by atoms with E-state index < -0.39 is 0 Å². The lowest BCUT2D eigenvalue weighted by atomic mass is 9.68. The minimum atomic E-state index is 0.474. The van der Waals surface area contributed by atoms with Crippen LogP contribution in [0.5, 0.6) is 0 Å². The van der Waals surface area contributed by atoms with Crippen molar-refractivity contribution < 1.29 is 4.74 Å². The second-order valence-corrected chi connectivity index (χ2v) is 6.63. The van der Waals surface area contributed by atoms with Crippen molar-refractivity contribution in [2.75, 3.05) is 25.1 Å². The summed E-state index contributed by atoms with van der Waals surface area (Å²) in [5.74, 6) is 1.93. The van der Waals surface area contributed by atoms with Crippen LogP contribution in [-0.2, 0) is 4.74 Å². The summed E-state index contributed by atoms with van der Waals surface area (Å²) in [4.78, 5) is 14.7. The van der Waals surface area contributed by atoms with Crippen molar-refractivity contribution in [1.82, 2.24) is 15.0 Å². The number of fused-ring (bicyclic) bond motifs is 1. The van der Waals surface area contributed by atoms with Crippen LogP contribution in [0, 0.1) is 12.3 Å². The first-order chi connectivity index (χ1) is 10.2. The summed E-state index contributed by atoms with van der Waals surface area (Å²) in [5.41, 5.74) is 1.44. The maximum Gasteiger partial charge on any atom is 0.143 e. The zero-order valence-electron chi connectivity index (χ0n) is 12.7. The minimum absolute atomic E-state index is 0.474. The molecule has 0 atom stereocenters. The molecule has 2 aromatic rings. The highest BCUT2D eigenvalue weighted by atomic mass is 16.5. The van der Waals surface area contributed by atoms with Crippen LogP contribution in [-0.4, -0.2) is 41.3 Å². The highest BCUT2D eigenvalue weighted by molar-refractivity contribution is 5.88. The molecule has 1 N–H and O–H groups in total. The molecule has 5 heteroatoms. The largest absolute Gasteiger partial charge is 0.381 e. The number of aryl methyl sites for hydroxylation is 1. The van der Waals surface area contributed by atoms with Gasteiger partial charge in [0.1, 0.15) is 17.3 Å². The van der Waals surface area contributed by atoms with Gasteiger partial charge in [0.15, 0.2) is 0 Å². The van der Waals surface area contributed by atoms with Gasteiger partial charge in [0.25, 0.3) is 0 Å². The summed E-state index contributed by atoms with van der Waals surface area (Å²) < 4.78 is 5.49. The van der Waals surface area contributed by atoms with E-state index in [1.54, 1.807) is 0 Å². The van der Waals surface area contributed by atoms with Crippen LogP contribution in [0.4, 0.5) is 5.82 Å². The third-order valence-corrected chi connectivity index (χ3v) is 5.19. The fourth-order valence-electron chi connectivity index (χ4n) is 3.94. The van der Waals surface area contributed by atoms with Crippen LogP contribution >= 0.6 is 0 Å². The second kappa shape index (κ2) is 4.70. The molecule has 112 valence electrons. The molecule has 2 aromatic heterocycles. The Morgan fingerprint density at radius 3 is 2.76 bits per heavy atom. The zero-order chi connectivity index (χ0) is 14.4. The predicted molar refractivity (Wildman–Crippen MR) is 82.5 cm³/mol. The third kappa shape index (κ3) is 2.11. The first kappa shape index (κ1) is 13.1. The van der Waals surface area contributed by atoms with E-state index in [1.165, 1.54) is 25.7 Å². The minimum Gasteiger partial charge on any atom is -0.381 e. The van der Waals surface area contributed by atoms with E-state index in [0.717, 1.165) is 35.8 Å².